The highest BCUT2D eigenvalue weighted by Crippen LogP contribution is 2.72. The Hall–Kier alpha value is -0.650. The van der Waals surface area contributed by atoms with E-state index < -0.39 is 17.0 Å². The molecule has 0 aliphatic heterocycles. The van der Waals surface area contributed by atoms with Crippen molar-refractivity contribution < 1.29 is 25.2 Å². The van der Waals surface area contributed by atoms with Crippen molar-refractivity contribution in [2.75, 3.05) is 13.2 Å². The fourth-order valence-electron chi connectivity index (χ4n) is 8.13. The van der Waals surface area contributed by atoms with Gasteiger partial charge in [-0.15, -0.1) is 0 Å². The van der Waals surface area contributed by atoms with E-state index in [0.717, 1.165) is 44.9 Å². The van der Waals surface area contributed by atoms with Gasteiger partial charge in [-0.25, -0.2) is 0 Å². The van der Waals surface area contributed by atoms with Gasteiger partial charge in [-0.1, -0.05) is 13.3 Å². The van der Waals surface area contributed by atoms with Crippen LogP contribution in [0.4, 0.5) is 0 Å². The molecule has 4 fully saturated rings. The van der Waals surface area contributed by atoms with Gasteiger partial charge in [0.15, 0.2) is 0 Å². The van der Waals surface area contributed by atoms with Gasteiger partial charge in [0, 0.05) is 0 Å². The van der Waals surface area contributed by atoms with Crippen molar-refractivity contribution in [3.8, 4) is 0 Å². The zero-order valence-electron chi connectivity index (χ0n) is 15.2. The van der Waals surface area contributed by atoms with E-state index in [1.54, 1.807) is 0 Å². The summed E-state index contributed by atoms with van der Waals surface area (Å²) in [5, 5.41) is 40.7. The molecule has 4 saturated carbocycles. The Morgan fingerprint density at radius 1 is 1.04 bits per heavy atom. The van der Waals surface area contributed by atoms with E-state index >= 15 is 0 Å². The molecule has 4 aliphatic rings. The van der Waals surface area contributed by atoms with Gasteiger partial charge in [0.05, 0.1) is 24.2 Å². The van der Waals surface area contributed by atoms with Gasteiger partial charge in [0.1, 0.15) is 0 Å². The van der Waals surface area contributed by atoms with Gasteiger partial charge < -0.3 is 20.4 Å². The first kappa shape index (κ1) is 17.7. The molecule has 0 radical (unpaired) electrons. The fraction of sp³-hybridized carbons (Fsp3) is 0.950. The highest BCUT2D eigenvalue weighted by molar-refractivity contribution is 5.75. The van der Waals surface area contributed by atoms with Crippen molar-refractivity contribution >= 4 is 5.97 Å². The molecule has 1 spiro atoms. The third-order valence-electron chi connectivity index (χ3n) is 9.12. The second kappa shape index (κ2) is 5.43. The Bertz CT molecular complexity index is 578. The van der Waals surface area contributed by atoms with E-state index in [1.807, 2.05) is 0 Å². The first-order chi connectivity index (χ1) is 11.8. The second-order valence-corrected chi connectivity index (χ2v) is 9.90. The van der Waals surface area contributed by atoms with E-state index in [1.165, 1.54) is 0 Å². The Morgan fingerprint density at radius 2 is 1.80 bits per heavy atom. The van der Waals surface area contributed by atoms with E-state index in [2.05, 4.69) is 6.92 Å². The minimum atomic E-state index is -1.00. The highest BCUT2D eigenvalue weighted by Gasteiger charge is 2.68. The largest absolute Gasteiger partial charge is 0.481 e. The number of fused-ring (bicyclic) bond motifs is 3. The molecule has 0 saturated heterocycles. The average Bonchev–Trinajstić information content (AvgIpc) is 2.79. The van der Waals surface area contributed by atoms with Gasteiger partial charge in [-0.2, -0.15) is 0 Å². The van der Waals surface area contributed by atoms with Crippen LogP contribution in [0.5, 0.6) is 0 Å². The molecule has 5 heteroatoms. The maximum absolute atomic E-state index is 12.1. The quantitative estimate of drug-likeness (QED) is 0.624. The van der Waals surface area contributed by atoms with Crippen LogP contribution in [0.1, 0.15) is 64.7 Å². The molecular weight excluding hydrogens is 320 g/mol. The zero-order valence-corrected chi connectivity index (χ0v) is 15.2. The summed E-state index contributed by atoms with van der Waals surface area (Å²) in [7, 11) is 0. The lowest BCUT2D eigenvalue weighted by Gasteiger charge is -2.63. The molecule has 2 bridgehead atoms. The minimum Gasteiger partial charge on any atom is -0.481 e. The van der Waals surface area contributed by atoms with Crippen molar-refractivity contribution in [1.82, 2.24) is 0 Å². The second-order valence-electron chi connectivity index (χ2n) is 9.90. The molecule has 5 nitrogen and oxygen atoms in total. The van der Waals surface area contributed by atoms with Crippen LogP contribution < -0.4 is 0 Å². The maximum atomic E-state index is 12.1. The van der Waals surface area contributed by atoms with Crippen LogP contribution in [0.2, 0.25) is 0 Å². The molecule has 4 aliphatic carbocycles. The smallest absolute Gasteiger partial charge is 0.312 e. The topological polar surface area (TPSA) is 98.0 Å². The summed E-state index contributed by atoms with van der Waals surface area (Å²) >= 11 is 0. The molecule has 0 aromatic carbocycles. The van der Waals surface area contributed by atoms with Crippen LogP contribution in [0.25, 0.3) is 0 Å². The molecule has 0 aromatic rings. The third kappa shape index (κ3) is 2.09. The van der Waals surface area contributed by atoms with Crippen LogP contribution >= 0.6 is 0 Å². The molecule has 0 amide bonds. The number of carboxylic acid groups (broad SMARTS) is 1. The Morgan fingerprint density at radius 3 is 2.44 bits per heavy atom. The number of aliphatic hydroxyl groups excluding tert-OH is 2. The van der Waals surface area contributed by atoms with Crippen LogP contribution in [0.3, 0.4) is 0 Å². The lowest BCUT2D eigenvalue weighted by atomic mass is 9.41. The van der Waals surface area contributed by atoms with Crippen molar-refractivity contribution in [1.29, 1.82) is 0 Å². The highest BCUT2D eigenvalue weighted by atomic mass is 16.4. The fourth-order valence-corrected chi connectivity index (χ4v) is 8.13. The Balaban J connectivity index is 1.73. The van der Waals surface area contributed by atoms with Crippen LogP contribution in [0.15, 0.2) is 0 Å². The Labute approximate surface area is 149 Å². The summed E-state index contributed by atoms with van der Waals surface area (Å²) in [6.45, 7) is 1.82. The Kier molecular flexibility index (Phi) is 3.85. The van der Waals surface area contributed by atoms with Gasteiger partial charge in [0.2, 0.25) is 0 Å². The number of carbonyl (C=O) groups is 1. The summed E-state index contributed by atoms with van der Waals surface area (Å²) in [5.41, 5.74) is -2.00. The molecule has 7 atom stereocenters. The molecule has 4 N–H and O–H groups in total. The van der Waals surface area contributed by atoms with Crippen LogP contribution in [-0.2, 0) is 4.79 Å². The summed E-state index contributed by atoms with van der Waals surface area (Å²) in [5.74, 6) is -0.263. The molecule has 142 valence electrons. The van der Waals surface area contributed by atoms with Crippen LogP contribution in [0, 0.1) is 34.0 Å². The molecule has 0 unspecified atom stereocenters. The average molecular weight is 352 g/mol. The summed E-state index contributed by atoms with van der Waals surface area (Å²) < 4.78 is 0. The zero-order chi connectivity index (χ0) is 18.1. The molecule has 0 heterocycles. The number of hydrogen-bond donors (Lipinski definition) is 4. The molecule has 4 rings (SSSR count). The summed E-state index contributed by atoms with van der Waals surface area (Å²) in [6.07, 6.45) is 7.74. The molecule has 25 heavy (non-hydrogen) atoms. The predicted octanol–water partition coefficient (Wildman–Crippen LogP) is 2.18. The van der Waals surface area contributed by atoms with Gasteiger partial charge in [-0.05, 0) is 80.0 Å². The van der Waals surface area contributed by atoms with E-state index in [-0.39, 0.29) is 35.9 Å². The van der Waals surface area contributed by atoms with Gasteiger partial charge in [0.25, 0.3) is 0 Å². The normalized spacial score (nSPS) is 54.6. The number of rotatable bonds is 3. The maximum Gasteiger partial charge on any atom is 0.312 e. The standard InChI is InChI=1S/C20H32O5/c1-17-6-2-7-19(11-21,16(23)24)15(17)5-8-18-9-13(3-4-14(17)18)20(25,10-18)12-22/h13-15,21-22,25H,2-12H2,1H3,(H,23,24)/t13-,14+,15-,17-,18+,19-,20-/m1/s1. The van der Waals surface area contributed by atoms with Crippen molar-refractivity contribution in [3.05, 3.63) is 0 Å². The summed E-state index contributed by atoms with van der Waals surface area (Å²) in [4.78, 5) is 12.1. The number of carboxylic acids is 1. The van der Waals surface area contributed by atoms with E-state index in [4.69, 9.17) is 0 Å². The first-order valence-corrected chi connectivity index (χ1v) is 9.94. The minimum absolute atomic E-state index is 0.00578. The molecule has 0 aromatic heterocycles. The third-order valence-corrected chi connectivity index (χ3v) is 9.12. The van der Waals surface area contributed by atoms with Gasteiger partial charge in [-0.3, -0.25) is 4.79 Å². The van der Waals surface area contributed by atoms with E-state index in [0.29, 0.717) is 18.8 Å². The number of aliphatic carboxylic acids is 1. The first-order valence-electron chi connectivity index (χ1n) is 9.94. The predicted molar refractivity (Wildman–Crippen MR) is 91.8 cm³/mol. The summed E-state index contributed by atoms with van der Waals surface area (Å²) in [6, 6.07) is 0. The van der Waals surface area contributed by atoms with Crippen molar-refractivity contribution in [2.45, 2.75) is 70.3 Å². The van der Waals surface area contributed by atoms with Crippen molar-refractivity contribution in [2.24, 2.45) is 34.0 Å². The molecular formula is C20H32O5. The van der Waals surface area contributed by atoms with Crippen LogP contribution in [-0.4, -0.2) is 45.2 Å². The lowest BCUT2D eigenvalue weighted by molar-refractivity contribution is -0.191. The lowest BCUT2D eigenvalue weighted by Crippen LogP contribution is -2.60. The van der Waals surface area contributed by atoms with E-state index in [9.17, 15) is 25.2 Å². The van der Waals surface area contributed by atoms with Gasteiger partial charge >= 0.3 is 5.97 Å². The SMILES string of the molecule is C[C@]12CCC[C@](CO)(C(=O)O)[C@@H]1CC[C@@]13C[C@@H](CC[C@H]12)[C@](O)(CO)C3. The number of hydrogen-bond acceptors (Lipinski definition) is 4. The number of aliphatic hydroxyl groups is 3. The monoisotopic (exact) mass is 352 g/mol. The van der Waals surface area contributed by atoms with Crippen molar-refractivity contribution in [3.63, 3.8) is 0 Å².